The van der Waals surface area contributed by atoms with Crippen molar-refractivity contribution in [3.8, 4) is 11.5 Å². The summed E-state index contributed by atoms with van der Waals surface area (Å²) in [6, 6.07) is 8.01. The summed E-state index contributed by atoms with van der Waals surface area (Å²) in [6.07, 6.45) is 13.0. The van der Waals surface area contributed by atoms with E-state index in [4.69, 9.17) is 13.9 Å². The fourth-order valence-corrected chi connectivity index (χ4v) is 5.21. The normalized spacial score (nSPS) is 16.9. The maximum Gasteiger partial charge on any atom is 0.290 e. The van der Waals surface area contributed by atoms with Gasteiger partial charge in [0, 0.05) is 18.2 Å². The number of rotatable bonds is 10. The number of allylic oxidation sites excluding steroid dienone is 1. The minimum atomic E-state index is -0.887. The molecule has 1 heterocycles. The van der Waals surface area contributed by atoms with Crippen LogP contribution in [0.3, 0.4) is 0 Å². The molecule has 1 fully saturated rings. The maximum atomic E-state index is 13.9. The highest BCUT2D eigenvalue weighted by Gasteiger charge is 2.37. The smallest absolute Gasteiger partial charge is 0.290 e. The molecule has 0 saturated heterocycles. The Balaban J connectivity index is 1.74. The molecule has 1 atom stereocenters. The molecule has 0 bridgehead atoms. The number of benzene rings is 1. The molecule has 1 saturated carbocycles. The molecule has 0 aliphatic heterocycles. The van der Waals surface area contributed by atoms with E-state index in [1.807, 2.05) is 12.1 Å². The van der Waals surface area contributed by atoms with Crippen LogP contribution in [-0.2, 0) is 4.79 Å². The third kappa shape index (κ3) is 5.89. The van der Waals surface area contributed by atoms with Crippen molar-refractivity contribution in [2.75, 3.05) is 20.8 Å². The van der Waals surface area contributed by atoms with Crippen LogP contribution >= 0.6 is 0 Å². The van der Waals surface area contributed by atoms with Gasteiger partial charge in [0.15, 0.2) is 17.3 Å². The summed E-state index contributed by atoms with van der Waals surface area (Å²) in [5.74, 6) is 0.659. The Morgan fingerprint density at radius 1 is 1.09 bits per heavy atom. The van der Waals surface area contributed by atoms with Gasteiger partial charge in [0.1, 0.15) is 6.04 Å². The Labute approximate surface area is 207 Å². The molecule has 2 aliphatic carbocycles. The molecule has 1 aromatic carbocycles. The summed E-state index contributed by atoms with van der Waals surface area (Å²) >= 11 is 0. The zero-order valence-corrected chi connectivity index (χ0v) is 20.8. The summed E-state index contributed by atoms with van der Waals surface area (Å²) in [6.45, 7) is 0.397. The molecule has 1 aromatic heterocycles. The van der Waals surface area contributed by atoms with E-state index >= 15 is 0 Å². The van der Waals surface area contributed by atoms with Crippen molar-refractivity contribution in [1.82, 2.24) is 10.2 Å². The molecule has 188 valence electrons. The van der Waals surface area contributed by atoms with Crippen LogP contribution in [0.15, 0.2) is 52.7 Å². The van der Waals surface area contributed by atoms with Gasteiger partial charge in [-0.25, -0.2) is 0 Å². The van der Waals surface area contributed by atoms with E-state index in [1.165, 1.54) is 18.3 Å². The van der Waals surface area contributed by atoms with Crippen LogP contribution in [-0.4, -0.2) is 43.5 Å². The lowest BCUT2D eigenvalue weighted by molar-refractivity contribution is -0.126. The number of carbonyl (C=O) groups excluding carboxylic acids is 2. The number of hydrogen-bond acceptors (Lipinski definition) is 5. The molecule has 0 unspecified atom stereocenters. The van der Waals surface area contributed by atoms with Crippen molar-refractivity contribution in [3.63, 3.8) is 0 Å². The first-order chi connectivity index (χ1) is 17.1. The van der Waals surface area contributed by atoms with Crippen molar-refractivity contribution in [1.29, 1.82) is 0 Å². The van der Waals surface area contributed by atoms with Gasteiger partial charge in [-0.3, -0.25) is 9.59 Å². The fourth-order valence-electron chi connectivity index (χ4n) is 5.21. The van der Waals surface area contributed by atoms with Gasteiger partial charge in [-0.1, -0.05) is 36.6 Å². The van der Waals surface area contributed by atoms with Gasteiger partial charge < -0.3 is 24.1 Å². The topological polar surface area (TPSA) is 81.0 Å². The Kier molecular flexibility index (Phi) is 8.50. The Hall–Kier alpha value is -3.22. The van der Waals surface area contributed by atoms with Crippen LogP contribution in [0.1, 0.15) is 79.9 Å². The van der Waals surface area contributed by atoms with Crippen LogP contribution in [0.25, 0.3) is 0 Å². The fraction of sp³-hybridized carbons (Fsp3) is 0.500. The number of nitrogens with one attached hydrogen (secondary N) is 1. The maximum absolute atomic E-state index is 13.9. The first-order valence-electron chi connectivity index (χ1n) is 12.7. The van der Waals surface area contributed by atoms with Gasteiger partial charge in [0.2, 0.25) is 5.91 Å². The van der Waals surface area contributed by atoms with Gasteiger partial charge in [-0.15, -0.1) is 0 Å². The SMILES string of the molecule is COc1cccc([C@@H](C(=O)NC2CCCC2)N(CCC2=CCCCC2)C(=O)c2ccco2)c1OC. The first-order valence-corrected chi connectivity index (χ1v) is 12.7. The van der Waals surface area contributed by atoms with Crippen LogP contribution < -0.4 is 14.8 Å². The number of carbonyl (C=O) groups is 2. The molecule has 35 heavy (non-hydrogen) atoms. The van der Waals surface area contributed by atoms with Crippen molar-refractivity contribution in [2.45, 2.75) is 69.9 Å². The molecule has 2 aromatic rings. The highest BCUT2D eigenvalue weighted by molar-refractivity contribution is 5.96. The Morgan fingerprint density at radius 3 is 2.57 bits per heavy atom. The molecule has 2 amide bonds. The van der Waals surface area contributed by atoms with E-state index in [2.05, 4.69) is 11.4 Å². The second-order valence-electron chi connectivity index (χ2n) is 9.31. The van der Waals surface area contributed by atoms with E-state index < -0.39 is 6.04 Å². The predicted octanol–water partition coefficient (Wildman–Crippen LogP) is 5.43. The quantitative estimate of drug-likeness (QED) is 0.459. The van der Waals surface area contributed by atoms with E-state index in [1.54, 1.807) is 37.3 Å². The lowest BCUT2D eigenvalue weighted by Crippen LogP contribution is -2.46. The standard InChI is InChI=1S/C28H36N2O5/c1-33-23-15-8-14-22(26(23)34-2)25(27(31)29-21-12-6-7-13-21)30(28(32)24-16-9-19-35-24)18-17-20-10-4-3-5-11-20/h8-10,14-16,19,21,25H,3-7,11-13,17-18H2,1-2H3,(H,29,31)/t25-/m0/s1. The summed E-state index contributed by atoms with van der Waals surface area (Å²) in [5, 5.41) is 3.21. The zero-order valence-electron chi connectivity index (χ0n) is 20.8. The minimum absolute atomic E-state index is 0.114. The first kappa shape index (κ1) is 24.9. The zero-order chi connectivity index (χ0) is 24.6. The van der Waals surface area contributed by atoms with E-state index in [0.717, 1.165) is 44.9 Å². The van der Waals surface area contributed by atoms with E-state index in [-0.39, 0.29) is 23.6 Å². The lowest BCUT2D eigenvalue weighted by atomic mass is 9.96. The molecule has 7 heteroatoms. The minimum Gasteiger partial charge on any atom is -0.493 e. The van der Waals surface area contributed by atoms with E-state index in [9.17, 15) is 9.59 Å². The third-order valence-corrected chi connectivity index (χ3v) is 7.04. The number of nitrogens with zero attached hydrogens (tertiary/aromatic N) is 1. The summed E-state index contributed by atoms with van der Waals surface area (Å²) in [5.41, 5.74) is 1.93. The number of amides is 2. The van der Waals surface area contributed by atoms with Crippen LogP contribution in [0.5, 0.6) is 11.5 Å². The highest BCUT2D eigenvalue weighted by atomic mass is 16.5. The van der Waals surface area contributed by atoms with Gasteiger partial charge >= 0.3 is 0 Å². The van der Waals surface area contributed by atoms with Crippen LogP contribution in [0.2, 0.25) is 0 Å². The van der Waals surface area contributed by atoms with Gasteiger partial charge in [0.05, 0.1) is 20.5 Å². The third-order valence-electron chi connectivity index (χ3n) is 7.04. The van der Waals surface area contributed by atoms with Crippen LogP contribution in [0.4, 0.5) is 0 Å². The van der Waals surface area contributed by atoms with Crippen molar-refractivity contribution in [2.24, 2.45) is 0 Å². The molecular weight excluding hydrogens is 444 g/mol. The number of methoxy groups -OCH3 is 2. The Morgan fingerprint density at radius 2 is 1.91 bits per heavy atom. The monoisotopic (exact) mass is 480 g/mol. The van der Waals surface area contributed by atoms with E-state index in [0.29, 0.717) is 30.0 Å². The molecule has 2 aliphatic rings. The van der Waals surface area contributed by atoms with Crippen molar-refractivity contribution >= 4 is 11.8 Å². The van der Waals surface area contributed by atoms with Gasteiger partial charge in [-0.2, -0.15) is 0 Å². The van der Waals surface area contributed by atoms with Crippen molar-refractivity contribution < 1.29 is 23.5 Å². The predicted molar refractivity (Wildman–Crippen MR) is 134 cm³/mol. The van der Waals surface area contributed by atoms with Gasteiger partial charge in [-0.05, 0) is 63.1 Å². The number of furan rings is 1. The van der Waals surface area contributed by atoms with Crippen molar-refractivity contribution in [3.05, 3.63) is 59.6 Å². The summed E-state index contributed by atoms with van der Waals surface area (Å²) < 4.78 is 16.7. The number of hydrogen-bond donors (Lipinski definition) is 1. The largest absolute Gasteiger partial charge is 0.493 e. The lowest BCUT2D eigenvalue weighted by Gasteiger charge is -2.33. The van der Waals surface area contributed by atoms with Gasteiger partial charge in [0.25, 0.3) is 5.91 Å². The average molecular weight is 481 g/mol. The molecule has 0 radical (unpaired) electrons. The second-order valence-corrected chi connectivity index (χ2v) is 9.31. The molecule has 1 N–H and O–H groups in total. The molecule has 4 rings (SSSR count). The summed E-state index contributed by atoms with van der Waals surface area (Å²) in [7, 11) is 3.12. The average Bonchev–Trinajstić information content (AvgIpc) is 3.61. The highest BCUT2D eigenvalue weighted by Crippen LogP contribution is 2.38. The molecular formula is C28H36N2O5. The number of ether oxygens (including phenoxy) is 2. The molecule has 7 nitrogen and oxygen atoms in total. The Bertz CT molecular complexity index is 1020. The number of para-hydroxylation sites is 1. The summed E-state index contributed by atoms with van der Waals surface area (Å²) in [4.78, 5) is 29.3. The van der Waals surface area contributed by atoms with Crippen LogP contribution in [0, 0.1) is 0 Å². The second kappa shape index (κ2) is 12.0. The molecule has 0 spiro atoms.